The van der Waals surface area contributed by atoms with E-state index in [4.69, 9.17) is 0 Å². The van der Waals surface area contributed by atoms with Crippen LogP contribution in [0.1, 0.15) is 19.4 Å². The Balaban J connectivity index is 2.68. The summed E-state index contributed by atoms with van der Waals surface area (Å²) in [6.45, 7) is 3.74. The second-order valence-electron chi connectivity index (χ2n) is 3.51. The first-order chi connectivity index (χ1) is 7.13. The van der Waals surface area contributed by atoms with Crippen LogP contribution in [0, 0.1) is 0 Å². The van der Waals surface area contributed by atoms with Gasteiger partial charge in [-0.2, -0.15) is 0 Å². The highest BCUT2D eigenvalue weighted by atomic mass is 16.2. The number of amides is 1. The van der Waals surface area contributed by atoms with Crippen LogP contribution in [0.3, 0.4) is 0 Å². The van der Waals surface area contributed by atoms with Crippen molar-refractivity contribution < 1.29 is 10.5 Å². The quantitative estimate of drug-likeness (QED) is 0.767. The van der Waals surface area contributed by atoms with E-state index < -0.39 is 0 Å². The van der Waals surface area contributed by atoms with Gasteiger partial charge in [0.25, 0.3) is 5.91 Å². The van der Waals surface area contributed by atoms with Crippen LogP contribution in [0.2, 0.25) is 0 Å². The number of benzene rings is 1. The van der Waals surface area contributed by atoms with Gasteiger partial charge in [0, 0.05) is 5.69 Å². The molecule has 0 aliphatic carbocycles. The predicted octanol–water partition coefficient (Wildman–Crippen LogP) is 1.29. The number of rotatable bonds is 3. The van der Waals surface area contributed by atoms with E-state index in [-0.39, 0.29) is 11.9 Å². The standard InChI is InChI=1S/C12H16N2O/c1-3-4-10-5-7-11(8-6-10)14-12(15)9(2)13/h3-9H,13H2,1-2H3,(H,14,15)/p+1/b4-3+/t9-/m1/s1. The van der Waals surface area contributed by atoms with Crippen molar-refractivity contribution in [3.8, 4) is 0 Å². The van der Waals surface area contributed by atoms with Gasteiger partial charge in [-0.1, -0.05) is 24.3 Å². The molecule has 3 nitrogen and oxygen atoms in total. The van der Waals surface area contributed by atoms with Crippen molar-refractivity contribution in [2.45, 2.75) is 19.9 Å². The van der Waals surface area contributed by atoms with E-state index in [0.717, 1.165) is 11.3 Å². The summed E-state index contributed by atoms with van der Waals surface area (Å²) < 4.78 is 0. The average Bonchev–Trinajstić information content (AvgIpc) is 2.21. The Morgan fingerprint density at radius 2 is 2.00 bits per heavy atom. The maximum absolute atomic E-state index is 11.3. The van der Waals surface area contributed by atoms with Crippen molar-refractivity contribution in [3.05, 3.63) is 35.9 Å². The van der Waals surface area contributed by atoms with E-state index in [9.17, 15) is 4.79 Å². The molecule has 0 heterocycles. The first kappa shape index (κ1) is 11.5. The fourth-order valence-electron chi connectivity index (χ4n) is 1.14. The van der Waals surface area contributed by atoms with E-state index in [1.54, 1.807) is 6.92 Å². The van der Waals surface area contributed by atoms with E-state index in [2.05, 4.69) is 11.1 Å². The van der Waals surface area contributed by atoms with Crippen LogP contribution in [0.4, 0.5) is 5.69 Å². The Morgan fingerprint density at radius 1 is 1.40 bits per heavy atom. The van der Waals surface area contributed by atoms with Gasteiger partial charge in [-0.05, 0) is 31.5 Å². The number of nitrogens with one attached hydrogen (secondary N) is 1. The molecular weight excluding hydrogens is 188 g/mol. The normalized spacial score (nSPS) is 12.7. The van der Waals surface area contributed by atoms with Gasteiger partial charge < -0.3 is 11.1 Å². The molecule has 1 aromatic rings. The van der Waals surface area contributed by atoms with Crippen LogP contribution in [-0.4, -0.2) is 11.9 Å². The second kappa shape index (κ2) is 5.32. The molecule has 3 heteroatoms. The van der Waals surface area contributed by atoms with Gasteiger partial charge in [-0.25, -0.2) is 0 Å². The summed E-state index contributed by atoms with van der Waals surface area (Å²) >= 11 is 0. The molecule has 4 N–H and O–H groups in total. The van der Waals surface area contributed by atoms with Crippen LogP contribution in [0.25, 0.3) is 6.08 Å². The molecule has 0 saturated carbocycles. The number of quaternary nitrogens is 1. The Labute approximate surface area is 90.0 Å². The molecule has 1 amide bonds. The second-order valence-corrected chi connectivity index (χ2v) is 3.51. The van der Waals surface area contributed by atoms with Gasteiger partial charge in [0.15, 0.2) is 6.04 Å². The summed E-state index contributed by atoms with van der Waals surface area (Å²) in [7, 11) is 0. The summed E-state index contributed by atoms with van der Waals surface area (Å²) in [5.41, 5.74) is 5.59. The molecule has 0 unspecified atom stereocenters. The highest BCUT2D eigenvalue weighted by molar-refractivity contribution is 5.93. The number of anilines is 1. The number of allylic oxidation sites excluding steroid dienone is 1. The third kappa shape index (κ3) is 3.56. The molecule has 1 atom stereocenters. The highest BCUT2D eigenvalue weighted by Gasteiger charge is 2.09. The topological polar surface area (TPSA) is 56.7 Å². The summed E-state index contributed by atoms with van der Waals surface area (Å²) in [5.74, 6) is -0.0613. The lowest BCUT2D eigenvalue weighted by molar-refractivity contribution is -0.396. The van der Waals surface area contributed by atoms with Crippen LogP contribution < -0.4 is 11.1 Å². The van der Waals surface area contributed by atoms with Gasteiger partial charge in [0.2, 0.25) is 0 Å². The summed E-state index contributed by atoms with van der Waals surface area (Å²) in [4.78, 5) is 11.3. The SMILES string of the molecule is C/C=C/c1ccc(NC(=O)[C@@H](C)[NH3+])cc1. The lowest BCUT2D eigenvalue weighted by Gasteiger charge is -2.05. The third-order valence-electron chi connectivity index (χ3n) is 1.98. The minimum atomic E-state index is -0.236. The van der Waals surface area contributed by atoms with Crippen LogP contribution >= 0.6 is 0 Å². The monoisotopic (exact) mass is 205 g/mol. The molecule has 80 valence electrons. The molecule has 0 aliphatic rings. The van der Waals surface area contributed by atoms with Gasteiger partial charge in [0.05, 0.1) is 0 Å². The summed E-state index contributed by atoms with van der Waals surface area (Å²) in [6, 6.07) is 7.46. The van der Waals surface area contributed by atoms with E-state index in [0.29, 0.717) is 0 Å². The molecule has 0 aromatic heterocycles. The minimum Gasteiger partial charge on any atom is -0.348 e. The summed E-state index contributed by atoms with van der Waals surface area (Å²) in [6.07, 6.45) is 3.99. The van der Waals surface area contributed by atoms with E-state index >= 15 is 0 Å². The molecule has 0 aliphatic heterocycles. The Morgan fingerprint density at radius 3 is 2.47 bits per heavy atom. The summed E-state index contributed by atoms with van der Waals surface area (Å²) in [5, 5.41) is 2.79. The molecule has 0 saturated heterocycles. The molecule has 1 aromatic carbocycles. The van der Waals surface area contributed by atoms with Crippen molar-refractivity contribution >= 4 is 17.7 Å². The van der Waals surface area contributed by atoms with E-state index in [1.165, 1.54) is 0 Å². The van der Waals surface area contributed by atoms with Gasteiger partial charge >= 0.3 is 0 Å². The molecule has 15 heavy (non-hydrogen) atoms. The maximum Gasteiger partial charge on any atom is 0.282 e. The van der Waals surface area contributed by atoms with E-state index in [1.807, 2.05) is 43.3 Å². The Bertz CT molecular complexity index is 352. The molecule has 0 bridgehead atoms. The fourth-order valence-corrected chi connectivity index (χ4v) is 1.14. The molecular formula is C12H17N2O+. The number of hydrogen-bond donors (Lipinski definition) is 2. The minimum absolute atomic E-state index is 0.0613. The Hall–Kier alpha value is -1.61. The van der Waals surface area contributed by atoms with Crippen molar-refractivity contribution in [2.75, 3.05) is 5.32 Å². The zero-order valence-corrected chi connectivity index (χ0v) is 9.16. The fraction of sp³-hybridized carbons (Fsp3) is 0.250. The molecule has 1 rings (SSSR count). The van der Waals surface area contributed by atoms with Crippen LogP contribution in [-0.2, 0) is 4.79 Å². The smallest absolute Gasteiger partial charge is 0.282 e. The maximum atomic E-state index is 11.3. The van der Waals surface area contributed by atoms with Gasteiger partial charge in [0.1, 0.15) is 0 Å². The zero-order valence-electron chi connectivity index (χ0n) is 9.16. The molecule has 0 radical (unpaired) electrons. The highest BCUT2D eigenvalue weighted by Crippen LogP contribution is 2.10. The lowest BCUT2D eigenvalue weighted by atomic mass is 10.2. The van der Waals surface area contributed by atoms with Gasteiger partial charge in [-0.3, -0.25) is 4.79 Å². The van der Waals surface area contributed by atoms with Gasteiger partial charge in [-0.15, -0.1) is 0 Å². The van der Waals surface area contributed by atoms with Crippen molar-refractivity contribution in [3.63, 3.8) is 0 Å². The lowest BCUT2D eigenvalue weighted by Crippen LogP contribution is -2.64. The zero-order chi connectivity index (χ0) is 11.3. The molecule has 0 spiro atoms. The number of carbonyl (C=O) groups excluding carboxylic acids is 1. The van der Waals surface area contributed by atoms with Crippen LogP contribution in [0.15, 0.2) is 30.3 Å². The number of hydrogen-bond acceptors (Lipinski definition) is 1. The van der Waals surface area contributed by atoms with Crippen molar-refractivity contribution in [2.24, 2.45) is 0 Å². The number of carbonyl (C=O) groups is 1. The third-order valence-corrected chi connectivity index (χ3v) is 1.98. The average molecular weight is 205 g/mol. The Kier molecular flexibility index (Phi) is 4.06. The first-order valence-corrected chi connectivity index (χ1v) is 5.00. The molecule has 0 fully saturated rings. The first-order valence-electron chi connectivity index (χ1n) is 5.00. The van der Waals surface area contributed by atoms with Crippen molar-refractivity contribution in [1.29, 1.82) is 0 Å². The van der Waals surface area contributed by atoms with Crippen LogP contribution in [0.5, 0.6) is 0 Å². The predicted molar refractivity (Wildman–Crippen MR) is 62.1 cm³/mol. The largest absolute Gasteiger partial charge is 0.348 e. The van der Waals surface area contributed by atoms with Crippen molar-refractivity contribution in [1.82, 2.24) is 0 Å².